The number of amides is 1. The van der Waals surface area contributed by atoms with Crippen molar-refractivity contribution in [1.82, 2.24) is 19.7 Å². The molecule has 1 aromatic rings. The summed E-state index contributed by atoms with van der Waals surface area (Å²) in [6.45, 7) is 8.28. The van der Waals surface area contributed by atoms with Crippen molar-refractivity contribution in [3.8, 4) is 0 Å². The Labute approximate surface area is 119 Å². The summed E-state index contributed by atoms with van der Waals surface area (Å²) in [5.74, 6) is 0. The third-order valence-electron chi connectivity index (χ3n) is 2.80. The van der Waals surface area contributed by atoms with Crippen molar-refractivity contribution in [1.29, 1.82) is 0 Å². The molecule has 7 nitrogen and oxygen atoms in total. The molecule has 1 aromatic heterocycles. The lowest BCUT2D eigenvalue weighted by Gasteiger charge is -2.20. The van der Waals surface area contributed by atoms with Gasteiger partial charge in [-0.15, -0.1) is 5.10 Å². The minimum atomic E-state index is -3.55. The van der Waals surface area contributed by atoms with Crippen molar-refractivity contribution >= 4 is 15.9 Å². The standard InChI is InChI=1S/C12H22N4O3S/c1-5-7-15(8-6-2)12(17)16-9-13-11(14-16)20(18,19)10(3)4/h9-10H,5-8H2,1-4H3. The van der Waals surface area contributed by atoms with Gasteiger partial charge in [-0.2, -0.15) is 4.68 Å². The molecule has 1 heterocycles. The fourth-order valence-corrected chi connectivity index (χ4v) is 2.49. The van der Waals surface area contributed by atoms with Crippen molar-refractivity contribution in [3.63, 3.8) is 0 Å². The Morgan fingerprint density at radius 3 is 2.30 bits per heavy atom. The highest BCUT2D eigenvalue weighted by atomic mass is 32.2. The van der Waals surface area contributed by atoms with Crippen LogP contribution in [0.2, 0.25) is 0 Å². The summed E-state index contributed by atoms with van der Waals surface area (Å²) in [6.07, 6.45) is 2.82. The van der Waals surface area contributed by atoms with E-state index in [1.165, 1.54) is 0 Å². The van der Waals surface area contributed by atoms with Gasteiger partial charge in [0.15, 0.2) is 0 Å². The van der Waals surface area contributed by atoms with Gasteiger partial charge in [0.2, 0.25) is 9.84 Å². The molecular weight excluding hydrogens is 280 g/mol. The molecule has 1 rings (SSSR count). The van der Waals surface area contributed by atoms with E-state index in [2.05, 4.69) is 10.1 Å². The van der Waals surface area contributed by atoms with Crippen LogP contribution in [0.25, 0.3) is 0 Å². The molecule has 0 radical (unpaired) electrons. The van der Waals surface area contributed by atoms with E-state index < -0.39 is 15.1 Å². The maximum atomic E-state index is 12.2. The van der Waals surface area contributed by atoms with Crippen LogP contribution < -0.4 is 0 Å². The molecule has 0 unspecified atom stereocenters. The fraction of sp³-hybridized carbons (Fsp3) is 0.750. The largest absolute Gasteiger partial charge is 0.346 e. The second-order valence-electron chi connectivity index (χ2n) is 4.84. The molecule has 0 saturated heterocycles. The van der Waals surface area contributed by atoms with Crippen LogP contribution >= 0.6 is 0 Å². The molecule has 20 heavy (non-hydrogen) atoms. The molecule has 114 valence electrons. The molecule has 1 amide bonds. The molecule has 8 heteroatoms. The smallest absolute Gasteiger partial charge is 0.323 e. The lowest BCUT2D eigenvalue weighted by molar-refractivity contribution is 0.196. The van der Waals surface area contributed by atoms with Gasteiger partial charge in [0.05, 0.1) is 5.25 Å². The van der Waals surface area contributed by atoms with Crippen molar-refractivity contribution in [2.75, 3.05) is 13.1 Å². The molecular formula is C12H22N4O3S. The average Bonchev–Trinajstić information content (AvgIpc) is 2.87. The van der Waals surface area contributed by atoms with Gasteiger partial charge in [-0.05, 0) is 26.7 Å². The summed E-state index contributed by atoms with van der Waals surface area (Å²) >= 11 is 0. The van der Waals surface area contributed by atoms with Crippen LogP contribution in [0.5, 0.6) is 0 Å². The number of nitrogens with zero attached hydrogens (tertiary/aromatic N) is 4. The predicted molar refractivity (Wildman–Crippen MR) is 75.3 cm³/mol. The predicted octanol–water partition coefficient (Wildman–Crippen LogP) is 1.55. The summed E-state index contributed by atoms with van der Waals surface area (Å²) in [5.41, 5.74) is 0. The molecule has 0 saturated carbocycles. The van der Waals surface area contributed by atoms with E-state index >= 15 is 0 Å². The highest BCUT2D eigenvalue weighted by Crippen LogP contribution is 2.10. The molecule has 0 atom stereocenters. The van der Waals surface area contributed by atoms with E-state index in [1.807, 2.05) is 13.8 Å². The molecule has 0 aliphatic heterocycles. The van der Waals surface area contributed by atoms with Gasteiger partial charge < -0.3 is 4.90 Å². The zero-order chi connectivity index (χ0) is 15.3. The topological polar surface area (TPSA) is 85.2 Å². The first-order valence-electron chi connectivity index (χ1n) is 6.79. The Morgan fingerprint density at radius 1 is 1.30 bits per heavy atom. The molecule has 0 aliphatic carbocycles. The third kappa shape index (κ3) is 3.56. The van der Waals surface area contributed by atoms with Gasteiger partial charge in [0, 0.05) is 13.1 Å². The second-order valence-corrected chi connectivity index (χ2v) is 7.23. The molecule has 0 N–H and O–H groups in total. The van der Waals surface area contributed by atoms with E-state index in [0.717, 1.165) is 23.9 Å². The van der Waals surface area contributed by atoms with Gasteiger partial charge in [0.1, 0.15) is 6.33 Å². The number of carbonyl (C=O) groups is 1. The van der Waals surface area contributed by atoms with Crippen LogP contribution in [0.4, 0.5) is 4.79 Å². The summed E-state index contributed by atoms with van der Waals surface area (Å²) < 4.78 is 24.9. The zero-order valence-corrected chi connectivity index (χ0v) is 13.2. The minimum Gasteiger partial charge on any atom is -0.323 e. The number of rotatable bonds is 6. The normalized spacial score (nSPS) is 11.8. The van der Waals surface area contributed by atoms with Crippen LogP contribution in [0, 0.1) is 0 Å². The van der Waals surface area contributed by atoms with Crippen LogP contribution in [0.3, 0.4) is 0 Å². The quantitative estimate of drug-likeness (QED) is 0.796. The lowest BCUT2D eigenvalue weighted by Crippen LogP contribution is -2.36. The maximum absolute atomic E-state index is 12.2. The zero-order valence-electron chi connectivity index (χ0n) is 12.4. The number of carbonyl (C=O) groups excluding carboxylic acids is 1. The van der Waals surface area contributed by atoms with E-state index in [-0.39, 0.29) is 11.2 Å². The number of sulfone groups is 1. The molecule has 0 aromatic carbocycles. The van der Waals surface area contributed by atoms with Gasteiger partial charge >= 0.3 is 6.03 Å². The minimum absolute atomic E-state index is 0.297. The molecule has 0 spiro atoms. The first-order chi connectivity index (χ1) is 9.34. The van der Waals surface area contributed by atoms with E-state index in [9.17, 15) is 13.2 Å². The summed E-state index contributed by atoms with van der Waals surface area (Å²) in [5, 5.41) is 2.90. The van der Waals surface area contributed by atoms with Gasteiger partial charge in [-0.1, -0.05) is 13.8 Å². The molecule has 0 bridgehead atoms. The first-order valence-corrected chi connectivity index (χ1v) is 8.34. The Kier molecular flexibility index (Phi) is 5.67. The average molecular weight is 302 g/mol. The van der Waals surface area contributed by atoms with Crippen molar-refractivity contribution < 1.29 is 13.2 Å². The van der Waals surface area contributed by atoms with Crippen LogP contribution in [0.15, 0.2) is 11.5 Å². The van der Waals surface area contributed by atoms with Crippen molar-refractivity contribution in [2.45, 2.75) is 50.9 Å². The van der Waals surface area contributed by atoms with Crippen molar-refractivity contribution in [3.05, 3.63) is 6.33 Å². The maximum Gasteiger partial charge on any atom is 0.346 e. The van der Waals surface area contributed by atoms with Crippen molar-refractivity contribution in [2.24, 2.45) is 0 Å². The van der Waals surface area contributed by atoms with Gasteiger partial charge in [-0.25, -0.2) is 18.2 Å². The summed E-state index contributed by atoms with van der Waals surface area (Å²) in [4.78, 5) is 17.6. The van der Waals surface area contributed by atoms with Crippen LogP contribution in [-0.4, -0.2) is 52.5 Å². The van der Waals surface area contributed by atoms with E-state index in [4.69, 9.17) is 0 Å². The second kappa shape index (κ2) is 6.83. The van der Waals surface area contributed by atoms with Crippen LogP contribution in [-0.2, 0) is 9.84 Å². The third-order valence-corrected chi connectivity index (χ3v) is 4.74. The number of hydrogen-bond acceptors (Lipinski definition) is 5. The van der Waals surface area contributed by atoms with Gasteiger partial charge in [-0.3, -0.25) is 0 Å². The summed E-state index contributed by atoms with van der Waals surface area (Å²) in [6, 6.07) is -0.341. The Bertz CT molecular complexity index is 545. The van der Waals surface area contributed by atoms with Gasteiger partial charge in [0.25, 0.3) is 5.16 Å². The highest BCUT2D eigenvalue weighted by Gasteiger charge is 2.25. The Balaban J connectivity index is 2.99. The fourth-order valence-electron chi connectivity index (χ4n) is 1.67. The van der Waals surface area contributed by atoms with E-state index in [1.54, 1.807) is 18.7 Å². The monoisotopic (exact) mass is 302 g/mol. The Morgan fingerprint density at radius 2 is 1.85 bits per heavy atom. The molecule has 0 fully saturated rings. The summed E-state index contributed by atoms with van der Waals surface area (Å²) in [7, 11) is -3.55. The molecule has 0 aliphatic rings. The number of aromatic nitrogens is 3. The Hall–Kier alpha value is -1.44. The number of hydrogen-bond donors (Lipinski definition) is 0. The first kappa shape index (κ1) is 16.6. The van der Waals surface area contributed by atoms with Crippen LogP contribution in [0.1, 0.15) is 40.5 Å². The van der Waals surface area contributed by atoms with E-state index in [0.29, 0.717) is 13.1 Å². The SMILES string of the molecule is CCCN(CCC)C(=O)n1cnc(S(=O)(=O)C(C)C)n1. The highest BCUT2D eigenvalue weighted by molar-refractivity contribution is 7.91. The lowest BCUT2D eigenvalue weighted by atomic mass is 10.4.